The number of hydrogen-bond donors (Lipinski definition) is 2. The van der Waals surface area contributed by atoms with Gasteiger partial charge in [-0.25, -0.2) is 0 Å². The summed E-state index contributed by atoms with van der Waals surface area (Å²) in [5.41, 5.74) is 0. The van der Waals surface area contributed by atoms with Gasteiger partial charge in [-0.3, -0.25) is 14.4 Å². The molecule has 0 spiro atoms. The van der Waals surface area contributed by atoms with Crippen molar-refractivity contribution in [2.24, 2.45) is 5.92 Å². The highest BCUT2D eigenvalue weighted by Crippen LogP contribution is 1.96. The Hall–Kier alpha value is -1.59. The van der Waals surface area contributed by atoms with E-state index >= 15 is 0 Å². The molecule has 0 fully saturated rings. The zero-order valence-corrected chi connectivity index (χ0v) is 9.49. The Balaban J connectivity index is 3.63. The van der Waals surface area contributed by atoms with Crippen molar-refractivity contribution in [3.05, 3.63) is 0 Å². The zero-order valence-electron chi connectivity index (χ0n) is 9.49. The molecule has 0 aromatic carbocycles. The fraction of sp³-hybridized carbons (Fsp3) is 0.700. The Morgan fingerprint density at radius 1 is 1.38 bits per heavy atom. The largest absolute Gasteiger partial charge is 0.481 e. The topological polar surface area (TPSA) is 92.7 Å². The van der Waals surface area contributed by atoms with Crippen molar-refractivity contribution in [3.8, 4) is 0 Å². The molecule has 0 aliphatic carbocycles. The number of carboxylic acids is 1. The molecule has 0 saturated carbocycles. The van der Waals surface area contributed by atoms with Gasteiger partial charge in [0.1, 0.15) is 5.92 Å². The van der Waals surface area contributed by atoms with Crippen molar-refractivity contribution in [1.82, 2.24) is 5.32 Å². The summed E-state index contributed by atoms with van der Waals surface area (Å²) in [5, 5.41) is 11.0. The molecule has 1 unspecified atom stereocenters. The van der Waals surface area contributed by atoms with E-state index in [-0.39, 0.29) is 18.9 Å². The van der Waals surface area contributed by atoms with Gasteiger partial charge in [-0.05, 0) is 20.3 Å². The second-order valence-electron chi connectivity index (χ2n) is 3.26. The molecule has 6 heteroatoms. The van der Waals surface area contributed by atoms with Crippen molar-refractivity contribution >= 4 is 17.8 Å². The van der Waals surface area contributed by atoms with Gasteiger partial charge in [0.25, 0.3) is 0 Å². The highest BCUT2D eigenvalue weighted by Gasteiger charge is 2.19. The van der Waals surface area contributed by atoms with Crippen molar-refractivity contribution < 1.29 is 24.2 Å². The molecule has 0 aliphatic rings. The first-order valence-corrected chi connectivity index (χ1v) is 5.15. The van der Waals surface area contributed by atoms with Gasteiger partial charge >= 0.3 is 11.9 Å². The molecule has 0 bridgehead atoms. The van der Waals surface area contributed by atoms with Gasteiger partial charge in [-0.2, -0.15) is 0 Å². The van der Waals surface area contributed by atoms with Crippen molar-refractivity contribution in [2.45, 2.75) is 26.7 Å². The van der Waals surface area contributed by atoms with Crippen LogP contribution in [0.2, 0.25) is 0 Å². The molecule has 0 radical (unpaired) electrons. The first kappa shape index (κ1) is 14.4. The standard InChI is InChI=1S/C10H17NO5/c1-3-16-8(12)5-4-6-11-9(13)7(2)10(14)15/h7H,3-6H2,1-2H3,(H,11,13)(H,14,15). The van der Waals surface area contributed by atoms with E-state index in [4.69, 9.17) is 5.11 Å². The van der Waals surface area contributed by atoms with Gasteiger partial charge in [0.15, 0.2) is 0 Å². The SMILES string of the molecule is CCOC(=O)CCCNC(=O)C(C)C(=O)O. The Bertz CT molecular complexity index is 264. The number of amides is 1. The number of carbonyl (C=O) groups is 3. The molecule has 92 valence electrons. The normalized spacial score (nSPS) is 11.6. The van der Waals surface area contributed by atoms with E-state index in [2.05, 4.69) is 10.1 Å². The summed E-state index contributed by atoms with van der Waals surface area (Å²) in [4.78, 5) is 32.5. The van der Waals surface area contributed by atoms with Gasteiger partial charge in [-0.15, -0.1) is 0 Å². The third-order valence-corrected chi connectivity index (χ3v) is 1.93. The minimum absolute atomic E-state index is 0.218. The number of hydrogen-bond acceptors (Lipinski definition) is 4. The lowest BCUT2D eigenvalue weighted by Gasteiger charge is -2.07. The van der Waals surface area contributed by atoms with Crippen molar-refractivity contribution in [3.63, 3.8) is 0 Å². The molecule has 1 amide bonds. The molecule has 0 rings (SSSR count). The van der Waals surface area contributed by atoms with Crippen LogP contribution >= 0.6 is 0 Å². The van der Waals surface area contributed by atoms with E-state index < -0.39 is 17.8 Å². The van der Waals surface area contributed by atoms with Gasteiger partial charge in [-0.1, -0.05) is 0 Å². The fourth-order valence-corrected chi connectivity index (χ4v) is 0.943. The van der Waals surface area contributed by atoms with Gasteiger partial charge in [0.05, 0.1) is 6.61 Å². The molecule has 0 heterocycles. The summed E-state index contributed by atoms with van der Waals surface area (Å²) >= 11 is 0. The Kier molecular flexibility index (Phi) is 6.91. The first-order chi connectivity index (χ1) is 7.49. The maximum Gasteiger partial charge on any atom is 0.315 e. The molecular weight excluding hydrogens is 214 g/mol. The second-order valence-corrected chi connectivity index (χ2v) is 3.26. The van der Waals surface area contributed by atoms with E-state index in [0.29, 0.717) is 13.0 Å². The van der Waals surface area contributed by atoms with Crippen LogP contribution in [-0.2, 0) is 19.1 Å². The molecule has 0 aromatic rings. The predicted molar refractivity (Wildman–Crippen MR) is 55.7 cm³/mol. The lowest BCUT2D eigenvalue weighted by atomic mass is 10.1. The van der Waals surface area contributed by atoms with Crippen LogP contribution in [0.3, 0.4) is 0 Å². The average Bonchev–Trinajstić information content (AvgIpc) is 2.23. The van der Waals surface area contributed by atoms with Gasteiger partial charge in [0.2, 0.25) is 5.91 Å². The monoisotopic (exact) mass is 231 g/mol. The predicted octanol–water partition coefficient (Wildman–Crippen LogP) is 0.167. The van der Waals surface area contributed by atoms with Crippen LogP contribution in [0, 0.1) is 5.92 Å². The number of esters is 1. The summed E-state index contributed by atoms with van der Waals surface area (Å²) in [6.45, 7) is 3.63. The van der Waals surface area contributed by atoms with Crippen LogP contribution < -0.4 is 5.32 Å². The molecule has 0 aliphatic heterocycles. The first-order valence-electron chi connectivity index (χ1n) is 5.15. The molecule has 1 atom stereocenters. The Labute approximate surface area is 94.0 Å². The lowest BCUT2D eigenvalue weighted by molar-refractivity contribution is -0.147. The molecule has 0 saturated heterocycles. The Morgan fingerprint density at radius 3 is 2.50 bits per heavy atom. The third kappa shape index (κ3) is 6.00. The number of carboxylic acid groups (broad SMARTS) is 1. The number of ether oxygens (including phenoxy) is 1. The highest BCUT2D eigenvalue weighted by atomic mass is 16.5. The number of aliphatic carboxylic acids is 1. The molecular formula is C10H17NO5. The maximum atomic E-state index is 11.1. The van der Waals surface area contributed by atoms with Crippen LogP contribution in [0.5, 0.6) is 0 Å². The molecule has 2 N–H and O–H groups in total. The fourth-order valence-electron chi connectivity index (χ4n) is 0.943. The summed E-state index contributed by atoms with van der Waals surface area (Å²) < 4.78 is 4.69. The summed E-state index contributed by atoms with van der Waals surface area (Å²) in [6.07, 6.45) is 0.659. The van der Waals surface area contributed by atoms with Crippen molar-refractivity contribution in [1.29, 1.82) is 0 Å². The lowest BCUT2D eigenvalue weighted by Crippen LogP contribution is -2.34. The molecule has 6 nitrogen and oxygen atoms in total. The molecule has 0 aromatic heterocycles. The van der Waals surface area contributed by atoms with Crippen LogP contribution in [0.15, 0.2) is 0 Å². The maximum absolute atomic E-state index is 11.1. The number of carbonyl (C=O) groups excluding carboxylic acids is 2. The van der Waals surface area contributed by atoms with E-state index in [1.807, 2.05) is 0 Å². The second kappa shape index (κ2) is 7.67. The minimum atomic E-state index is -1.16. The van der Waals surface area contributed by atoms with E-state index in [0.717, 1.165) is 0 Å². The number of rotatable bonds is 7. The van der Waals surface area contributed by atoms with Crippen LogP contribution in [0.25, 0.3) is 0 Å². The number of nitrogens with one attached hydrogen (secondary N) is 1. The smallest absolute Gasteiger partial charge is 0.315 e. The van der Waals surface area contributed by atoms with E-state index in [1.165, 1.54) is 6.92 Å². The Morgan fingerprint density at radius 2 is 2.00 bits per heavy atom. The van der Waals surface area contributed by atoms with E-state index in [9.17, 15) is 14.4 Å². The minimum Gasteiger partial charge on any atom is -0.481 e. The quantitative estimate of drug-likeness (QED) is 0.370. The highest BCUT2D eigenvalue weighted by molar-refractivity contribution is 5.96. The van der Waals surface area contributed by atoms with Gasteiger partial charge in [0, 0.05) is 13.0 Å². The van der Waals surface area contributed by atoms with Gasteiger partial charge < -0.3 is 15.2 Å². The summed E-state index contributed by atoms with van der Waals surface area (Å²) in [7, 11) is 0. The third-order valence-electron chi connectivity index (χ3n) is 1.93. The zero-order chi connectivity index (χ0) is 12.6. The van der Waals surface area contributed by atoms with Crippen LogP contribution in [0.4, 0.5) is 0 Å². The molecule has 16 heavy (non-hydrogen) atoms. The van der Waals surface area contributed by atoms with E-state index in [1.54, 1.807) is 6.92 Å². The summed E-state index contributed by atoms with van der Waals surface area (Å²) in [6, 6.07) is 0. The average molecular weight is 231 g/mol. The van der Waals surface area contributed by atoms with Crippen LogP contribution in [-0.4, -0.2) is 36.1 Å². The van der Waals surface area contributed by atoms with Crippen LogP contribution in [0.1, 0.15) is 26.7 Å². The van der Waals surface area contributed by atoms with Crippen molar-refractivity contribution in [2.75, 3.05) is 13.2 Å². The summed E-state index contributed by atoms with van der Waals surface area (Å²) in [5.74, 6) is -3.09.